The fraction of sp³-hybridized carbons (Fsp3) is 0.421. The molecule has 2 aromatic carbocycles. The zero-order chi connectivity index (χ0) is 35.8. The third-order valence-corrected chi connectivity index (χ3v) is 8.85. The summed E-state index contributed by atoms with van der Waals surface area (Å²) in [5.74, 6) is 1.32. The van der Waals surface area contributed by atoms with E-state index in [9.17, 15) is 19.2 Å². The van der Waals surface area contributed by atoms with Crippen LogP contribution >= 0.6 is 0 Å². The lowest BCUT2D eigenvalue weighted by atomic mass is 9.93. The number of H-pyrrole nitrogens is 2. The first kappa shape index (κ1) is 34.6. The zero-order valence-corrected chi connectivity index (χ0v) is 29.4. The van der Waals surface area contributed by atoms with E-state index in [1.165, 1.54) is 0 Å². The molecule has 50 heavy (non-hydrogen) atoms. The van der Waals surface area contributed by atoms with Crippen molar-refractivity contribution < 1.29 is 28.7 Å². The Kier molecular flexibility index (Phi) is 9.39. The highest BCUT2D eigenvalue weighted by Crippen LogP contribution is 2.36. The number of carbonyl (C=O) groups excluding carboxylic acids is 4. The molecule has 2 unspecified atom stereocenters. The van der Waals surface area contributed by atoms with Gasteiger partial charge >= 0.3 is 12.2 Å². The van der Waals surface area contributed by atoms with Crippen LogP contribution in [0.2, 0.25) is 0 Å². The van der Waals surface area contributed by atoms with Crippen LogP contribution in [0, 0.1) is 0 Å². The molecule has 12 heteroatoms. The lowest BCUT2D eigenvalue weighted by Gasteiger charge is -2.27. The molecule has 0 spiro atoms. The molecule has 0 aliphatic carbocycles. The van der Waals surface area contributed by atoms with E-state index in [0.717, 1.165) is 49.4 Å². The van der Waals surface area contributed by atoms with Gasteiger partial charge < -0.3 is 19.4 Å². The van der Waals surface area contributed by atoms with Crippen LogP contribution in [0.1, 0.15) is 112 Å². The number of rotatable bonds is 7. The number of carbonyl (C=O) groups is 4. The number of imidazole rings is 2. The predicted molar refractivity (Wildman–Crippen MR) is 188 cm³/mol. The number of benzene rings is 2. The smallest absolute Gasteiger partial charge is 0.410 e. The predicted octanol–water partition coefficient (Wildman–Crippen LogP) is 7.90. The first-order chi connectivity index (χ1) is 23.7. The van der Waals surface area contributed by atoms with Gasteiger partial charge in [-0.3, -0.25) is 19.4 Å². The van der Waals surface area contributed by atoms with Crippen molar-refractivity contribution in [2.24, 2.45) is 0 Å². The van der Waals surface area contributed by atoms with E-state index in [1.54, 1.807) is 34.3 Å². The molecule has 2 saturated heterocycles. The van der Waals surface area contributed by atoms with Gasteiger partial charge in [-0.15, -0.1) is 0 Å². The molecule has 0 radical (unpaired) electrons. The molecule has 0 saturated carbocycles. The number of hydrogen-bond donors (Lipinski definition) is 2. The summed E-state index contributed by atoms with van der Waals surface area (Å²) in [7, 11) is 0. The Hall–Kier alpha value is -5.26. The molecule has 4 aromatic rings. The third-order valence-electron chi connectivity index (χ3n) is 8.85. The van der Waals surface area contributed by atoms with Crippen molar-refractivity contribution in [3.05, 3.63) is 71.6 Å². The van der Waals surface area contributed by atoms with Gasteiger partial charge in [0.05, 0.1) is 35.9 Å². The summed E-state index contributed by atoms with van der Waals surface area (Å²) in [4.78, 5) is 69.7. The van der Waals surface area contributed by atoms with E-state index < -0.39 is 11.2 Å². The van der Waals surface area contributed by atoms with Gasteiger partial charge in [0.1, 0.15) is 22.9 Å². The highest BCUT2D eigenvalue weighted by molar-refractivity contribution is 5.96. The van der Waals surface area contributed by atoms with Gasteiger partial charge in [-0.1, -0.05) is 24.3 Å². The minimum Gasteiger partial charge on any atom is -0.444 e. The second-order valence-electron chi connectivity index (χ2n) is 14.9. The molecule has 0 bridgehead atoms. The van der Waals surface area contributed by atoms with Gasteiger partial charge in [0, 0.05) is 35.3 Å². The maximum Gasteiger partial charge on any atom is 0.410 e. The maximum absolute atomic E-state index is 12.8. The first-order valence-corrected chi connectivity index (χ1v) is 17.0. The van der Waals surface area contributed by atoms with Crippen LogP contribution in [-0.4, -0.2) is 78.8 Å². The van der Waals surface area contributed by atoms with Crippen LogP contribution in [-0.2, 0) is 9.47 Å². The molecule has 2 amide bonds. The van der Waals surface area contributed by atoms with Gasteiger partial charge in [0.25, 0.3) is 0 Å². The van der Waals surface area contributed by atoms with Crippen molar-refractivity contribution >= 4 is 24.8 Å². The van der Waals surface area contributed by atoms with Crippen molar-refractivity contribution in [1.82, 2.24) is 29.7 Å². The molecule has 2 atom stereocenters. The second kappa shape index (κ2) is 13.6. The van der Waals surface area contributed by atoms with Crippen LogP contribution in [0.3, 0.4) is 0 Å². The molecular formula is C38H44N6O6. The van der Waals surface area contributed by atoms with Gasteiger partial charge in [0.2, 0.25) is 0 Å². The molecule has 2 fully saturated rings. The third kappa shape index (κ3) is 7.34. The van der Waals surface area contributed by atoms with Crippen molar-refractivity contribution in [3.63, 3.8) is 0 Å². The standard InChI is InChI=1S/C38H44N6O6/c1-37(2,3)49-35(47)43-15-7-9-31(43)33-39-19-29(41-33)23-11-13-27(25(17-23)21-45)28-14-12-24(18-26(28)22-46)30-20-40-34(42-30)32-10-8-16-44(32)36(48)50-38(4,5)6/h11-14,17-22,31-32H,7-10,15-16H2,1-6H3,(H,39,41)(H,40,42). The van der Waals surface area contributed by atoms with Crippen LogP contribution in [0.4, 0.5) is 9.59 Å². The minimum atomic E-state index is -0.597. The average molecular weight is 681 g/mol. The fourth-order valence-corrected chi connectivity index (χ4v) is 6.63. The number of ether oxygens (including phenoxy) is 2. The quantitative estimate of drug-likeness (QED) is 0.187. The molecular weight excluding hydrogens is 636 g/mol. The van der Waals surface area contributed by atoms with Gasteiger partial charge in [-0.25, -0.2) is 19.6 Å². The topological polar surface area (TPSA) is 151 Å². The number of amides is 2. The van der Waals surface area contributed by atoms with Crippen LogP contribution in [0.15, 0.2) is 48.8 Å². The first-order valence-electron chi connectivity index (χ1n) is 17.0. The van der Waals surface area contributed by atoms with E-state index in [-0.39, 0.29) is 24.3 Å². The number of hydrogen-bond acceptors (Lipinski definition) is 8. The summed E-state index contributed by atoms with van der Waals surface area (Å²) >= 11 is 0. The zero-order valence-electron chi connectivity index (χ0n) is 29.4. The van der Waals surface area contributed by atoms with Crippen molar-refractivity contribution in [1.29, 1.82) is 0 Å². The summed E-state index contributed by atoms with van der Waals surface area (Å²) in [5.41, 5.74) is 3.78. The lowest BCUT2D eigenvalue weighted by molar-refractivity contribution is 0.0208. The Morgan fingerprint density at radius 3 is 1.46 bits per heavy atom. The molecule has 2 N–H and O–H groups in total. The summed E-state index contributed by atoms with van der Waals surface area (Å²) < 4.78 is 11.2. The molecule has 4 heterocycles. The van der Waals surface area contributed by atoms with Gasteiger partial charge in [-0.2, -0.15) is 0 Å². The summed E-state index contributed by atoms with van der Waals surface area (Å²) in [6, 6.07) is 10.5. The highest BCUT2D eigenvalue weighted by Gasteiger charge is 2.36. The van der Waals surface area contributed by atoms with Crippen molar-refractivity contribution in [2.45, 2.75) is 90.5 Å². The Balaban J connectivity index is 1.22. The minimum absolute atomic E-state index is 0.231. The van der Waals surface area contributed by atoms with Crippen LogP contribution in [0.5, 0.6) is 0 Å². The van der Waals surface area contributed by atoms with Crippen LogP contribution < -0.4 is 0 Å². The lowest BCUT2D eigenvalue weighted by Crippen LogP contribution is -2.36. The Bertz CT molecular complexity index is 1780. The molecule has 6 rings (SSSR count). The van der Waals surface area contributed by atoms with E-state index in [2.05, 4.69) is 19.9 Å². The second-order valence-corrected chi connectivity index (χ2v) is 14.9. The van der Waals surface area contributed by atoms with Crippen molar-refractivity contribution in [2.75, 3.05) is 13.1 Å². The Morgan fingerprint density at radius 2 is 1.10 bits per heavy atom. The van der Waals surface area contributed by atoms with E-state index in [4.69, 9.17) is 9.47 Å². The van der Waals surface area contributed by atoms with E-state index in [0.29, 0.717) is 58.4 Å². The summed E-state index contributed by atoms with van der Waals surface area (Å²) in [6.07, 6.45) is 7.44. The van der Waals surface area contributed by atoms with Gasteiger partial charge in [-0.05, 0) is 90.5 Å². The summed E-state index contributed by atoms with van der Waals surface area (Å²) in [6.45, 7) is 12.2. The van der Waals surface area contributed by atoms with Crippen molar-refractivity contribution in [3.8, 4) is 33.6 Å². The Morgan fingerprint density at radius 1 is 0.700 bits per heavy atom. The number of nitrogens with zero attached hydrogens (tertiary/aromatic N) is 4. The highest BCUT2D eigenvalue weighted by atomic mass is 16.6. The summed E-state index contributed by atoms with van der Waals surface area (Å²) in [5, 5.41) is 0. The molecule has 262 valence electrons. The SMILES string of the molecule is CC(C)(C)OC(=O)N1CCCC1c1ncc(-c2ccc(-c3ccc(-c4cnc(C5CCCN5C(=O)OC(C)(C)C)[nH]4)cc3C=O)c(C=O)c2)[nH]1. The molecule has 2 aliphatic heterocycles. The molecule has 12 nitrogen and oxygen atoms in total. The number of aromatic amines is 2. The van der Waals surface area contributed by atoms with E-state index in [1.807, 2.05) is 65.8 Å². The Labute approximate surface area is 291 Å². The number of aromatic nitrogens is 4. The average Bonchev–Trinajstić information content (AvgIpc) is 3.88. The van der Waals surface area contributed by atoms with Crippen LogP contribution in [0.25, 0.3) is 33.6 Å². The van der Waals surface area contributed by atoms with E-state index >= 15 is 0 Å². The molecule has 2 aliphatic rings. The molecule has 2 aromatic heterocycles. The fourth-order valence-electron chi connectivity index (χ4n) is 6.63. The maximum atomic E-state index is 12.8. The number of likely N-dealkylation sites (tertiary alicyclic amines) is 2. The largest absolute Gasteiger partial charge is 0.444 e. The van der Waals surface area contributed by atoms with Gasteiger partial charge in [0.15, 0.2) is 12.6 Å². The normalized spacial score (nSPS) is 18.0. The number of nitrogens with one attached hydrogen (secondary N) is 2. The monoisotopic (exact) mass is 680 g/mol. The number of aldehydes is 2.